The lowest BCUT2D eigenvalue weighted by atomic mass is 10.1. The van der Waals surface area contributed by atoms with Gasteiger partial charge in [-0.05, 0) is 37.1 Å². The van der Waals surface area contributed by atoms with Crippen LogP contribution >= 0.6 is 0 Å². The Kier molecular flexibility index (Phi) is 3.60. The summed E-state index contributed by atoms with van der Waals surface area (Å²) in [5, 5.41) is 0. The number of methoxy groups -OCH3 is 1. The molecule has 0 amide bonds. The van der Waals surface area contributed by atoms with Crippen LogP contribution in [0.1, 0.15) is 12.8 Å². The van der Waals surface area contributed by atoms with Gasteiger partial charge in [0, 0.05) is 12.2 Å². The second-order valence-corrected chi connectivity index (χ2v) is 4.98. The van der Waals surface area contributed by atoms with E-state index in [2.05, 4.69) is 4.98 Å². The Balaban J connectivity index is 1.88. The van der Waals surface area contributed by atoms with Crippen molar-refractivity contribution in [2.24, 2.45) is 0 Å². The molecular formula is C15H19N3O2. The van der Waals surface area contributed by atoms with Crippen molar-refractivity contribution >= 4 is 5.95 Å². The second-order valence-electron chi connectivity index (χ2n) is 4.98. The van der Waals surface area contributed by atoms with E-state index in [1.165, 1.54) is 0 Å². The van der Waals surface area contributed by atoms with Gasteiger partial charge in [0.05, 0.1) is 31.6 Å². The summed E-state index contributed by atoms with van der Waals surface area (Å²) in [6, 6.07) is 7.91. The molecule has 1 aliphatic rings. The summed E-state index contributed by atoms with van der Waals surface area (Å²) in [6.45, 7) is 1.60. The quantitative estimate of drug-likeness (QED) is 0.928. The molecule has 0 unspecified atom stereocenters. The molecule has 106 valence electrons. The standard InChI is InChI=1S/C15H19N3O2/c1-19-12-6-4-11(5-7-12)14-9-17-15(16)18(14)10-13-3-2-8-20-13/h4-7,9,13H,2-3,8,10H2,1H3,(H2,16,17)/t13-/m0/s1. The molecule has 5 nitrogen and oxygen atoms in total. The Morgan fingerprint density at radius 3 is 2.85 bits per heavy atom. The van der Waals surface area contributed by atoms with Crippen molar-refractivity contribution in [2.75, 3.05) is 19.5 Å². The minimum atomic E-state index is 0.239. The van der Waals surface area contributed by atoms with Crippen LogP contribution in [-0.4, -0.2) is 29.4 Å². The van der Waals surface area contributed by atoms with E-state index in [1.807, 2.05) is 35.0 Å². The zero-order chi connectivity index (χ0) is 13.9. The van der Waals surface area contributed by atoms with Gasteiger partial charge in [-0.25, -0.2) is 4.98 Å². The summed E-state index contributed by atoms with van der Waals surface area (Å²) in [5.74, 6) is 1.37. The fourth-order valence-corrected chi connectivity index (χ4v) is 2.57. The number of nitrogens with two attached hydrogens (primary N) is 1. The number of benzene rings is 1. The summed E-state index contributed by atoms with van der Waals surface area (Å²) in [7, 11) is 1.66. The van der Waals surface area contributed by atoms with Gasteiger partial charge >= 0.3 is 0 Å². The van der Waals surface area contributed by atoms with Crippen LogP contribution in [0.2, 0.25) is 0 Å². The molecule has 5 heteroatoms. The molecule has 2 N–H and O–H groups in total. The van der Waals surface area contributed by atoms with E-state index >= 15 is 0 Å². The smallest absolute Gasteiger partial charge is 0.200 e. The fraction of sp³-hybridized carbons (Fsp3) is 0.400. The molecule has 0 spiro atoms. The number of anilines is 1. The number of imidazole rings is 1. The highest BCUT2D eigenvalue weighted by molar-refractivity contribution is 5.62. The maximum absolute atomic E-state index is 5.98. The predicted molar refractivity (Wildman–Crippen MR) is 77.6 cm³/mol. The molecule has 1 aromatic carbocycles. The molecule has 1 aromatic heterocycles. The van der Waals surface area contributed by atoms with E-state index in [-0.39, 0.29) is 6.10 Å². The first-order valence-corrected chi connectivity index (χ1v) is 6.85. The molecule has 0 radical (unpaired) electrons. The van der Waals surface area contributed by atoms with Gasteiger partial charge in [0.2, 0.25) is 5.95 Å². The van der Waals surface area contributed by atoms with Gasteiger partial charge in [-0.3, -0.25) is 0 Å². The van der Waals surface area contributed by atoms with E-state index in [0.29, 0.717) is 5.95 Å². The van der Waals surface area contributed by atoms with E-state index < -0.39 is 0 Å². The Morgan fingerprint density at radius 1 is 1.40 bits per heavy atom. The van der Waals surface area contributed by atoms with Crippen molar-refractivity contribution in [3.63, 3.8) is 0 Å². The topological polar surface area (TPSA) is 62.3 Å². The van der Waals surface area contributed by atoms with Crippen LogP contribution in [0.3, 0.4) is 0 Å². The maximum Gasteiger partial charge on any atom is 0.200 e. The normalized spacial score (nSPS) is 18.4. The molecule has 1 fully saturated rings. The number of hydrogen-bond donors (Lipinski definition) is 1. The third-order valence-corrected chi connectivity index (χ3v) is 3.68. The van der Waals surface area contributed by atoms with Gasteiger partial charge in [-0.15, -0.1) is 0 Å². The van der Waals surface area contributed by atoms with Gasteiger partial charge in [-0.2, -0.15) is 0 Å². The van der Waals surface area contributed by atoms with E-state index in [0.717, 1.165) is 43.0 Å². The first-order valence-electron chi connectivity index (χ1n) is 6.85. The molecule has 1 aliphatic heterocycles. The molecule has 0 saturated carbocycles. The number of hydrogen-bond acceptors (Lipinski definition) is 4. The van der Waals surface area contributed by atoms with Gasteiger partial charge in [-0.1, -0.05) is 0 Å². The highest BCUT2D eigenvalue weighted by Gasteiger charge is 2.19. The zero-order valence-electron chi connectivity index (χ0n) is 11.6. The van der Waals surface area contributed by atoms with Crippen molar-refractivity contribution in [2.45, 2.75) is 25.5 Å². The van der Waals surface area contributed by atoms with Crippen LogP contribution in [0, 0.1) is 0 Å². The molecule has 3 rings (SSSR count). The highest BCUT2D eigenvalue weighted by Crippen LogP contribution is 2.26. The highest BCUT2D eigenvalue weighted by atomic mass is 16.5. The lowest BCUT2D eigenvalue weighted by molar-refractivity contribution is 0.0978. The van der Waals surface area contributed by atoms with Crippen LogP contribution in [0.25, 0.3) is 11.3 Å². The van der Waals surface area contributed by atoms with Gasteiger partial charge < -0.3 is 19.8 Å². The Bertz CT molecular complexity index is 571. The number of nitrogens with zero attached hydrogens (tertiary/aromatic N) is 2. The van der Waals surface area contributed by atoms with Crippen LogP contribution in [-0.2, 0) is 11.3 Å². The summed E-state index contributed by atoms with van der Waals surface area (Å²) < 4.78 is 12.9. The first-order chi connectivity index (χ1) is 9.78. The largest absolute Gasteiger partial charge is 0.497 e. The number of nitrogen functional groups attached to an aromatic ring is 1. The van der Waals surface area contributed by atoms with Gasteiger partial charge in [0.15, 0.2) is 0 Å². The number of ether oxygens (including phenoxy) is 2. The summed E-state index contributed by atoms with van der Waals surface area (Å²) in [5.41, 5.74) is 8.08. The van der Waals surface area contributed by atoms with Crippen molar-refractivity contribution in [1.82, 2.24) is 9.55 Å². The molecule has 0 aliphatic carbocycles. The molecule has 20 heavy (non-hydrogen) atoms. The Labute approximate surface area is 118 Å². The lowest BCUT2D eigenvalue weighted by Crippen LogP contribution is -2.17. The zero-order valence-corrected chi connectivity index (χ0v) is 11.6. The van der Waals surface area contributed by atoms with Crippen LogP contribution in [0.4, 0.5) is 5.95 Å². The van der Waals surface area contributed by atoms with Crippen LogP contribution in [0.5, 0.6) is 5.75 Å². The summed E-state index contributed by atoms with van der Waals surface area (Å²) >= 11 is 0. The van der Waals surface area contributed by atoms with E-state index in [4.69, 9.17) is 15.2 Å². The third-order valence-electron chi connectivity index (χ3n) is 3.68. The molecular weight excluding hydrogens is 254 g/mol. The van der Waals surface area contributed by atoms with Crippen molar-refractivity contribution in [3.05, 3.63) is 30.5 Å². The lowest BCUT2D eigenvalue weighted by Gasteiger charge is -2.14. The Morgan fingerprint density at radius 2 is 2.20 bits per heavy atom. The molecule has 1 atom stereocenters. The SMILES string of the molecule is COc1ccc(-c2cnc(N)n2C[C@@H]2CCCO2)cc1. The third kappa shape index (κ3) is 2.49. The minimum Gasteiger partial charge on any atom is -0.497 e. The molecule has 1 saturated heterocycles. The Hall–Kier alpha value is -2.01. The average molecular weight is 273 g/mol. The predicted octanol–water partition coefficient (Wildman–Crippen LogP) is 2.32. The van der Waals surface area contributed by atoms with E-state index in [9.17, 15) is 0 Å². The van der Waals surface area contributed by atoms with E-state index in [1.54, 1.807) is 7.11 Å². The van der Waals surface area contributed by atoms with Crippen molar-refractivity contribution in [3.8, 4) is 17.0 Å². The van der Waals surface area contributed by atoms with Crippen LogP contribution in [0.15, 0.2) is 30.5 Å². The fourth-order valence-electron chi connectivity index (χ4n) is 2.57. The molecule has 2 aromatic rings. The van der Waals surface area contributed by atoms with Crippen LogP contribution < -0.4 is 10.5 Å². The van der Waals surface area contributed by atoms with Gasteiger partial charge in [0.1, 0.15) is 5.75 Å². The maximum atomic E-state index is 5.98. The minimum absolute atomic E-state index is 0.239. The van der Waals surface area contributed by atoms with Crippen molar-refractivity contribution in [1.29, 1.82) is 0 Å². The molecule has 2 heterocycles. The average Bonchev–Trinajstić information content (AvgIpc) is 3.11. The summed E-state index contributed by atoms with van der Waals surface area (Å²) in [6.07, 6.45) is 4.26. The molecule has 0 bridgehead atoms. The first kappa shape index (κ1) is 13.0. The second kappa shape index (κ2) is 5.54. The number of rotatable bonds is 4. The summed E-state index contributed by atoms with van der Waals surface area (Å²) in [4.78, 5) is 4.23. The number of aromatic nitrogens is 2. The monoisotopic (exact) mass is 273 g/mol. The van der Waals surface area contributed by atoms with Gasteiger partial charge in [0.25, 0.3) is 0 Å². The van der Waals surface area contributed by atoms with Crippen molar-refractivity contribution < 1.29 is 9.47 Å².